The number of halogens is 1. The van der Waals surface area contributed by atoms with Gasteiger partial charge >= 0.3 is 0 Å². The van der Waals surface area contributed by atoms with Gasteiger partial charge in [-0.05, 0) is 24.6 Å². The lowest BCUT2D eigenvalue weighted by Gasteiger charge is -2.32. The van der Waals surface area contributed by atoms with Crippen molar-refractivity contribution in [2.24, 2.45) is 0 Å². The van der Waals surface area contributed by atoms with E-state index < -0.39 is 0 Å². The van der Waals surface area contributed by atoms with Crippen LogP contribution >= 0.6 is 15.9 Å². The van der Waals surface area contributed by atoms with Crippen molar-refractivity contribution >= 4 is 21.8 Å². The Morgan fingerprint density at radius 2 is 2.41 bits per heavy atom. The summed E-state index contributed by atoms with van der Waals surface area (Å²) < 4.78 is 1.02. The Morgan fingerprint density at radius 3 is 3.12 bits per heavy atom. The molecule has 1 heterocycles. The molecule has 2 rings (SSSR count). The van der Waals surface area contributed by atoms with Crippen molar-refractivity contribution in [2.45, 2.75) is 19.4 Å². The first-order valence-corrected chi connectivity index (χ1v) is 6.70. The average molecular weight is 297 g/mol. The van der Waals surface area contributed by atoms with Crippen LogP contribution in [0.1, 0.15) is 12.5 Å². The third-order valence-electron chi connectivity index (χ3n) is 2.97. The summed E-state index contributed by atoms with van der Waals surface area (Å²) in [7, 11) is 0. The van der Waals surface area contributed by atoms with Gasteiger partial charge in [-0.3, -0.25) is 4.79 Å². The number of carbonyl (C=O) groups is 1. The Morgan fingerprint density at radius 1 is 1.59 bits per heavy atom. The van der Waals surface area contributed by atoms with Crippen LogP contribution < -0.4 is 5.32 Å². The third kappa shape index (κ3) is 3.54. The number of hydrogen-bond acceptors (Lipinski definition) is 2. The van der Waals surface area contributed by atoms with Gasteiger partial charge in [-0.2, -0.15) is 0 Å². The van der Waals surface area contributed by atoms with Gasteiger partial charge in [-0.1, -0.05) is 28.1 Å². The maximum atomic E-state index is 12.1. The van der Waals surface area contributed by atoms with Gasteiger partial charge in [0.05, 0.1) is 6.42 Å². The zero-order valence-electron chi connectivity index (χ0n) is 9.95. The predicted molar refractivity (Wildman–Crippen MR) is 71.9 cm³/mol. The fraction of sp³-hybridized carbons (Fsp3) is 0.462. The van der Waals surface area contributed by atoms with Gasteiger partial charge in [-0.15, -0.1) is 0 Å². The minimum atomic E-state index is 0.219. The zero-order chi connectivity index (χ0) is 12.3. The molecular formula is C13H17BrN2O. The second-order valence-electron chi connectivity index (χ2n) is 4.50. The van der Waals surface area contributed by atoms with Crippen LogP contribution in [0.5, 0.6) is 0 Å². The highest BCUT2D eigenvalue weighted by molar-refractivity contribution is 9.10. The van der Waals surface area contributed by atoms with E-state index in [2.05, 4.69) is 28.2 Å². The molecule has 1 aromatic carbocycles. The van der Waals surface area contributed by atoms with Gasteiger partial charge in [-0.25, -0.2) is 0 Å². The number of nitrogens with zero attached hydrogens (tertiary/aromatic N) is 1. The van der Waals surface area contributed by atoms with Crippen LogP contribution in [0, 0.1) is 0 Å². The minimum Gasteiger partial charge on any atom is -0.340 e. The largest absolute Gasteiger partial charge is 0.340 e. The second kappa shape index (κ2) is 5.65. The molecule has 92 valence electrons. The highest BCUT2D eigenvalue weighted by Crippen LogP contribution is 2.13. The molecule has 1 saturated heterocycles. The Labute approximate surface area is 110 Å². The molecule has 1 fully saturated rings. The number of amides is 1. The topological polar surface area (TPSA) is 32.3 Å². The maximum absolute atomic E-state index is 12.1. The van der Waals surface area contributed by atoms with E-state index >= 15 is 0 Å². The van der Waals surface area contributed by atoms with Gasteiger partial charge in [0.2, 0.25) is 5.91 Å². The molecule has 1 N–H and O–H groups in total. The zero-order valence-corrected chi connectivity index (χ0v) is 11.5. The van der Waals surface area contributed by atoms with Gasteiger partial charge in [0.1, 0.15) is 0 Å². The normalized spacial score (nSPS) is 20.4. The molecule has 0 unspecified atom stereocenters. The van der Waals surface area contributed by atoms with Crippen molar-refractivity contribution in [1.29, 1.82) is 0 Å². The van der Waals surface area contributed by atoms with Crippen LogP contribution in [0.4, 0.5) is 0 Å². The molecule has 1 aromatic rings. The summed E-state index contributed by atoms with van der Waals surface area (Å²) in [4.78, 5) is 14.1. The molecule has 0 bridgehead atoms. The first-order valence-electron chi connectivity index (χ1n) is 5.91. The van der Waals surface area contributed by atoms with Gasteiger partial charge < -0.3 is 10.2 Å². The number of benzene rings is 1. The van der Waals surface area contributed by atoms with Crippen molar-refractivity contribution in [3.8, 4) is 0 Å². The molecule has 0 aliphatic carbocycles. The van der Waals surface area contributed by atoms with Crippen molar-refractivity contribution in [1.82, 2.24) is 10.2 Å². The fourth-order valence-electron chi connectivity index (χ4n) is 2.09. The number of carbonyl (C=O) groups excluding carboxylic acids is 1. The van der Waals surface area contributed by atoms with E-state index in [0.717, 1.165) is 29.7 Å². The Kier molecular flexibility index (Phi) is 4.18. The molecule has 0 radical (unpaired) electrons. The van der Waals surface area contributed by atoms with Gasteiger partial charge in [0.15, 0.2) is 0 Å². The molecule has 0 aromatic heterocycles. The average Bonchev–Trinajstić information content (AvgIpc) is 2.29. The summed E-state index contributed by atoms with van der Waals surface area (Å²) in [5, 5.41) is 3.34. The predicted octanol–water partition coefficient (Wildman–Crippen LogP) is 1.81. The van der Waals surface area contributed by atoms with Crippen LogP contribution in [-0.2, 0) is 11.2 Å². The fourth-order valence-corrected chi connectivity index (χ4v) is 2.54. The monoisotopic (exact) mass is 296 g/mol. The number of hydrogen-bond donors (Lipinski definition) is 1. The lowest BCUT2D eigenvalue weighted by atomic mass is 10.1. The highest BCUT2D eigenvalue weighted by atomic mass is 79.9. The summed E-state index contributed by atoms with van der Waals surface area (Å²) in [5.74, 6) is 0.219. The Hall–Kier alpha value is -0.870. The Bertz CT molecular complexity index is 408. The van der Waals surface area contributed by atoms with E-state index in [1.165, 1.54) is 0 Å². The maximum Gasteiger partial charge on any atom is 0.227 e. The van der Waals surface area contributed by atoms with Crippen LogP contribution in [0.2, 0.25) is 0 Å². The summed E-state index contributed by atoms with van der Waals surface area (Å²) >= 11 is 3.42. The molecular weight excluding hydrogens is 280 g/mol. The molecule has 0 spiro atoms. The van der Waals surface area contributed by atoms with E-state index in [1.54, 1.807) is 0 Å². The van der Waals surface area contributed by atoms with Crippen molar-refractivity contribution in [3.05, 3.63) is 34.3 Å². The van der Waals surface area contributed by atoms with Crippen molar-refractivity contribution in [2.75, 3.05) is 19.6 Å². The lowest BCUT2D eigenvalue weighted by molar-refractivity contribution is -0.131. The minimum absolute atomic E-state index is 0.219. The highest BCUT2D eigenvalue weighted by Gasteiger charge is 2.20. The summed E-state index contributed by atoms with van der Waals surface area (Å²) in [6, 6.07) is 8.33. The van der Waals surface area contributed by atoms with Crippen molar-refractivity contribution < 1.29 is 4.79 Å². The SMILES string of the molecule is C[C@H]1CN(C(=O)Cc2cccc(Br)c2)CCN1. The van der Waals surface area contributed by atoms with Crippen LogP contribution in [-0.4, -0.2) is 36.5 Å². The number of piperazine rings is 1. The first kappa shape index (κ1) is 12.6. The van der Waals surface area contributed by atoms with Crippen LogP contribution in [0.25, 0.3) is 0 Å². The number of rotatable bonds is 2. The van der Waals surface area contributed by atoms with E-state index in [1.807, 2.05) is 29.2 Å². The molecule has 1 aliphatic heterocycles. The number of nitrogens with one attached hydrogen (secondary N) is 1. The summed E-state index contributed by atoms with van der Waals surface area (Å²) in [6.07, 6.45) is 0.492. The van der Waals surface area contributed by atoms with Crippen LogP contribution in [0.15, 0.2) is 28.7 Å². The molecule has 17 heavy (non-hydrogen) atoms. The lowest BCUT2D eigenvalue weighted by Crippen LogP contribution is -2.51. The first-order chi connectivity index (χ1) is 8.15. The molecule has 1 amide bonds. The molecule has 1 atom stereocenters. The molecule has 4 heteroatoms. The van der Waals surface area contributed by atoms with Crippen LogP contribution in [0.3, 0.4) is 0 Å². The molecule has 1 aliphatic rings. The van der Waals surface area contributed by atoms with Gasteiger partial charge in [0, 0.05) is 30.1 Å². The standard InChI is InChI=1S/C13H17BrN2O/c1-10-9-16(6-5-15-10)13(17)8-11-3-2-4-12(14)7-11/h2-4,7,10,15H,5-6,8-9H2,1H3/t10-/m0/s1. The van der Waals surface area contributed by atoms with E-state index in [9.17, 15) is 4.79 Å². The Balaban J connectivity index is 1.96. The van der Waals surface area contributed by atoms with Crippen molar-refractivity contribution in [3.63, 3.8) is 0 Å². The summed E-state index contributed by atoms with van der Waals surface area (Å²) in [5.41, 5.74) is 1.07. The smallest absolute Gasteiger partial charge is 0.227 e. The van der Waals surface area contributed by atoms with E-state index in [0.29, 0.717) is 12.5 Å². The van der Waals surface area contributed by atoms with Gasteiger partial charge in [0.25, 0.3) is 0 Å². The van der Waals surface area contributed by atoms with E-state index in [4.69, 9.17) is 0 Å². The third-order valence-corrected chi connectivity index (χ3v) is 3.46. The van der Waals surface area contributed by atoms with E-state index in [-0.39, 0.29) is 5.91 Å². The quantitative estimate of drug-likeness (QED) is 0.903. The second-order valence-corrected chi connectivity index (χ2v) is 5.42. The molecule has 0 saturated carbocycles. The summed E-state index contributed by atoms with van der Waals surface area (Å²) in [6.45, 7) is 4.63. The molecule has 3 nitrogen and oxygen atoms in total.